The Labute approximate surface area is 54.8 Å². The Kier molecular flexibility index (Phi) is 1.88. The minimum Gasteiger partial charge on any atom is -0.396 e. The van der Waals surface area contributed by atoms with Crippen molar-refractivity contribution >= 4 is 0 Å². The third-order valence-corrected chi connectivity index (χ3v) is 1.89. The van der Waals surface area contributed by atoms with Crippen LogP contribution in [0.25, 0.3) is 0 Å². The van der Waals surface area contributed by atoms with Crippen molar-refractivity contribution in [3.8, 4) is 0 Å². The van der Waals surface area contributed by atoms with Gasteiger partial charge in [0.05, 0.1) is 6.10 Å². The predicted molar refractivity (Wildman–Crippen MR) is 35.0 cm³/mol. The summed E-state index contributed by atoms with van der Waals surface area (Å²) >= 11 is 0. The summed E-state index contributed by atoms with van der Waals surface area (Å²) in [4.78, 5) is 0. The molecular weight excluding hydrogens is 116 g/mol. The maximum absolute atomic E-state index is 9.23. The number of aliphatic hydroxyl groups excluding tert-OH is 2. The summed E-state index contributed by atoms with van der Waals surface area (Å²) in [5.41, 5.74) is 0.994. The lowest BCUT2D eigenvalue weighted by molar-refractivity contribution is 0.105. The second-order valence-electron chi connectivity index (χ2n) is 2.57. The molecule has 1 rings (SSSR count). The van der Waals surface area contributed by atoms with E-state index in [0.29, 0.717) is 0 Å². The van der Waals surface area contributed by atoms with Crippen molar-refractivity contribution in [2.24, 2.45) is 5.92 Å². The zero-order chi connectivity index (χ0) is 6.85. The van der Waals surface area contributed by atoms with E-state index in [0.717, 1.165) is 12.0 Å². The van der Waals surface area contributed by atoms with Crippen LogP contribution >= 0.6 is 0 Å². The monoisotopic (exact) mass is 128 g/mol. The molecule has 9 heavy (non-hydrogen) atoms. The van der Waals surface area contributed by atoms with Crippen molar-refractivity contribution in [3.05, 3.63) is 11.6 Å². The molecule has 0 bridgehead atoms. The Bertz CT molecular complexity index is 129. The highest BCUT2D eigenvalue weighted by molar-refractivity contribution is 5.13. The van der Waals surface area contributed by atoms with Gasteiger partial charge in [-0.3, -0.25) is 0 Å². The van der Waals surface area contributed by atoms with Crippen LogP contribution in [0.1, 0.15) is 13.3 Å². The molecule has 0 aromatic carbocycles. The van der Waals surface area contributed by atoms with Crippen molar-refractivity contribution < 1.29 is 10.2 Å². The van der Waals surface area contributed by atoms with Gasteiger partial charge in [0, 0.05) is 12.5 Å². The van der Waals surface area contributed by atoms with Crippen molar-refractivity contribution in [2.75, 3.05) is 6.61 Å². The molecule has 2 nitrogen and oxygen atoms in total. The lowest BCUT2D eigenvalue weighted by Gasteiger charge is -2.11. The average molecular weight is 128 g/mol. The highest BCUT2D eigenvalue weighted by Gasteiger charge is 2.23. The molecule has 2 unspecified atom stereocenters. The normalized spacial score (nSPS) is 34.8. The summed E-state index contributed by atoms with van der Waals surface area (Å²) in [7, 11) is 0. The molecule has 52 valence electrons. The minimum atomic E-state index is -0.394. The van der Waals surface area contributed by atoms with E-state index in [1.165, 1.54) is 0 Å². The third kappa shape index (κ3) is 1.14. The number of allylic oxidation sites excluding steroid dienone is 1. The lowest BCUT2D eigenvalue weighted by Crippen LogP contribution is -2.19. The smallest absolute Gasteiger partial charge is 0.0800 e. The fourth-order valence-electron chi connectivity index (χ4n) is 1.13. The zero-order valence-corrected chi connectivity index (χ0v) is 5.54. The first-order valence-corrected chi connectivity index (χ1v) is 3.21. The average Bonchev–Trinajstić information content (AvgIpc) is 2.15. The molecule has 2 atom stereocenters. The number of rotatable bonds is 1. The van der Waals surface area contributed by atoms with Crippen LogP contribution in [0.3, 0.4) is 0 Å². The predicted octanol–water partition coefficient (Wildman–Crippen LogP) is 0.306. The Morgan fingerprint density at radius 3 is 2.67 bits per heavy atom. The van der Waals surface area contributed by atoms with E-state index in [1.54, 1.807) is 0 Å². The number of hydrogen-bond donors (Lipinski definition) is 2. The van der Waals surface area contributed by atoms with Gasteiger partial charge in [-0.15, -0.1) is 0 Å². The fourth-order valence-corrected chi connectivity index (χ4v) is 1.13. The van der Waals surface area contributed by atoms with Crippen molar-refractivity contribution in [1.29, 1.82) is 0 Å². The van der Waals surface area contributed by atoms with E-state index in [2.05, 4.69) is 0 Å². The van der Waals surface area contributed by atoms with Crippen LogP contribution in [-0.4, -0.2) is 22.9 Å². The van der Waals surface area contributed by atoms with Gasteiger partial charge in [-0.1, -0.05) is 6.08 Å². The van der Waals surface area contributed by atoms with Crippen LogP contribution in [0.15, 0.2) is 11.6 Å². The summed E-state index contributed by atoms with van der Waals surface area (Å²) < 4.78 is 0. The van der Waals surface area contributed by atoms with E-state index >= 15 is 0 Å². The van der Waals surface area contributed by atoms with Crippen molar-refractivity contribution in [3.63, 3.8) is 0 Å². The van der Waals surface area contributed by atoms with Gasteiger partial charge in [-0.25, -0.2) is 0 Å². The second kappa shape index (κ2) is 2.50. The molecule has 2 N–H and O–H groups in total. The van der Waals surface area contributed by atoms with Crippen LogP contribution < -0.4 is 0 Å². The fraction of sp³-hybridized carbons (Fsp3) is 0.714. The third-order valence-electron chi connectivity index (χ3n) is 1.89. The molecule has 0 saturated heterocycles. The Morgan fingerprint density at radius 1 is 1.78 bits per heavy atom. The molecule has 0 aromatic rings. The van der Waals surface area contributed by atoms with Crippen LogP contribution in [0, 0.1) is 5.92 Å². The van der Waals surface area contributed by atoms with Gasteiger partial charge in [-0.2, -0.15) is 0 Å². The van der Waals surface area contributed by atoms with Crippen LogP contribution in [0.4, 0.5) is 0 Å². The van der Waals surface area contributed by atoms with Gasteiger partial charge in [0.2, 0.25) is 0 Å². The van der Waals surface area contributed by atoms with E-state index in [1.807, 2.05) is 13.0 Å². The number of aliphatic hydroxyl groups is 2. The second-order valence-corrected chi connectivity index (χ2v) is 2.57. The molecule has 0 fully saturated rings. The Morgan fingerprint density at radius 2 is 2.44 bits per heavy atom. The SMILES string of the molecule is CC1=CCC(CO)C1O. The van der Waals surface area contributed by atoms with Gasteiger partial charge in [0.15, 0.2) is 0 Å². The van der Waals surface area contributed by atoms with Crippen molar-refractivity contribution in [1.82, 2.24) is 0 Å². The molecule has 1 aliphatic rings. The summed E-state index contributed by atoms with van der Waals surface area (Å²) in [6, 6.07) is 0. The molecular formula is C7H12O2. The quantitative estimate of drug-likeness (QED) is 0.499. The summed E-state index contributed by atoms with van der Waals surface area (Å²) in [6.45, 7) is 1.98. The summed E-state index contributed by atoms with van der Waals surface area (Å²) in [5, 5.41) is 17.9. The molecule has 1 aliphatic carbocycles. The molecule has 0 aliphatic heterocycles. The topological polar surface area (TPSA) is 40.5 Å². The summed E-state index contributed by atoms with van der Waals surface area (Å²) in [5.74, 6) is 0.0602. The highest BCUT2D eigenvalue weighted by atomic mass is 16.3. The lowest BCUT2D eigenvalue weighted by atomic mass is 10.0. The van der Waals surface area contributed by atoms with Gasteiger partial charge < -0.3 is 10.2 Å². The van der Waals surface area contributed by atoms with E-state index in [-0.39, 0.29) is 12.5 Å². The van der Waals surface area contributed by atoms with Gasteiger partial charge >= 0.3 is 0 Å². The molecule has 0 aromatic heterocycles. The zero-order valence-electron chi connectivity index (χ0n) is 5.54. The first-order chi connectivity index (χ1) is 4.25. The van der Waals surface area contributed by atoms with Crippen LogP contribution in [-0.2, 0) is 0 Å². The van der Waals surface area contributed by atoms with Gasteiger partial charge in [-0.05, 0) is 18.9 Å². The van der Waals surface area contributed by atoms with Gasteiger partial charge in [0.1, 0.15) is 0 Å². The standard InChI is InChI=1S/C7H12O2/c1-5-2-3-6(4-8)7(5)9/h2,6-9H,3-4H2,1H3. The molecule has 0 radical (unpaired) electrons. The first-order valence-electron chi connectivity index (χ1n) is 3.21. The molecule has 0 saturated carbocycles. The highest BCUT2D eigenvalue weighted by Crippen LogP contribution is 2.23. The summed E-state index contributed by atoms with van der Waals surface area (Å²) in [6.07, 6.45) is 2.41. The first kappa shape index (κ1) is 6.78. The maximum Gasteiger partial charge on any atom is 0.0800 e. The van der Waals surface area contributed by atoms with E-state index in [9.17, 15) is 5.11 Å². The Hall–Kier alpha value is -0.340. The number of hydrogen-bond acceptors (Lipinski definition) is 2. The maximum atomic E-state index is 9.23. The Balaban J connectivity index is 2.51. The molecule has 0 heterocycles. The van der Waals surface area contributed by atoms with E-state index in [4.69, 9.17) is 5.11 Å². The van der Waals surface area contributed by atoms with Crippen LogP contribution in [0.2, 0.25) is 0 Å². The molecule has 0 amide bonds. The minimum absolute atomic E-state index is 0.0602. The largest absolute Gasteiger partial charge is 0.396 e. The van der Waals surface area contributed by atoms with Crippen molar-refractivity contribution in [2.45, 2.75) is 19.4 Å². The van der Waals surface area contributed by atoms with E-state index < -0.39 is 6.10 Å². The van der Waals surface area contributed by atoms with Gasteiger partial charge in [0.25, 0.3) is 0 Å². The molecule has 2 heteroatoms. The van der Waals surface area contributed by atoms with Crippen LogP contribution in [0.5, 0.6) is 0 Å². The molecule has 0 spiro atoms.